The van der Waals surface area contributed by atoms with Gasteiger partial charge in [-0.3, -0.25) is 19.7 Å². The molecule has 2 rings (SSSR count). The highest BCUT2D eigenvalue weighted by molar-refractivity contribution is 5.92. The van der Waals surface area contributed by atoms with Crippen molar-refractivity contribution in [2.75, 3.05) is 23.4 Å². The maximum atomic E-state index is 12.1. The molecular formula is C20H23N3O5. The van der Waals surface area contributed by atoms with E-state index in [4.69, 9.17) is 4.74 Å². The average Bonchev–Trinajstić information content (AvgIpc) is 2.67. The molecular weight excluding hydrogens is 362 g/mol. The van der Waals surface area contributed by atoms with Gasteiger partial charge in [-0.05, 0) is 51.1 Å². The van der Waals surface area contributed by atoms with Gasteiger partial charge in [-0.15, -0.1) is 0 Å². The Morgan fingerprint density at radius 2 is 1.93 bits per heavy atom. The quantitative estimate of drug-likeness (QED) is 0.401. The summed E-state index contributed by atoms with van der Waals surface area (Å²) in [5.41, 5.74) is 1.48. The van der Waals surface area contributed by atoms with Crippen LogP contribution in [0.25, 0.3) is 0 Å². The van der Waals surface area contributed by atoms with E-state index >= 15 is 0 Å². The molecule has 8 heteroatoms. The highest BCUT2D eigenvalue weighted by Crippen LogP contribution is 2.23. The molecule has 0 aromatic heterocycles. The summed E-state index contributed by atoms with van der Waals surface area (Å²) in [7, 11) is 0. The number of aldehydes is 1. The van der Waals surface area contributed by atoms with Crippen LogP contribution in [0.5, 0.6) is 5.75 Å². The zero-order valence-corrected chi connectivity index (χ0v) is 16.0. The molecule has 0 atom stereocenters. The fraction of sp³-hybridized carbons (Fsp3) is 0.300. The summed E-state index contributed by atoms with van der Waals surface area (Å²) < 4.78 is 5.33. The van der Waals surface area contributed by atoms with Gasteiger partial charge in [-0.1, -0.05) is 0 Å². The van der Waals surface area contributed by atoms with Crippen LogP contribution in [0.2, 0.25) is 0 Å². The molecule has 0 aliphatic carbocycles. The number of ether oxygens (including phenoxy) is 1. The molecule has 0 fully saturated rings. The molecule has 148 valence electrons. The number of nitro groups is 1. The summed E-state index contributed by atoms with van der Waals surface area (Å²) in [5.74, 6) is -0.291. The third-order valence-electron chi connectivity index (χ3n) is 4.14. The number of rotatable bonds is 9. The monoisotopic (exact) mass is 385 g/mol. The number of carbonyl (C=O) groups excluding carboxylic acids is 2. The van der Waals surface area contributed by atoms with E-state index < -0.39 is 10.8 Å². The molecule has 0 radical (unpaired) electrons. The molecule has 0 saturated heterocycles. The Morgan fingerprint density at radius 3 is 2.46 bits per heavy atom. The van der Waals surface area contributed by atoms with Crippen molar-refractivity contribution in [2.45, 2.75) is 26.8 Å². The van der Waals surface area contributed by atoms with Gasteiger partial charge in [-0.2, -0.15) is 0 Å². The molecule has 0 saturated carbocycles. The van der Waals surface area contributed by atoms with Crippen molar-refractivity contribution in [1.29, 1.82) is 0 Å². The fourth-order valence-corrected chi connectivity index (χ4v) is 2.80. The fourth-order valence-electron chi connectivity index (χ4n) is 2.80. The van der Waals surface area contributed by atoms with E-state index in [1.165, 1.54) is 12.1 Å². The first-order valence-electron chi connectivity index (χ1n) is 8.88. The molecule has 0 aliphatic heterocycles. The normalized spacial score (nSPS) is 10.4. The molecule has 1 amide bonds. The van der Waals surface area contributed by atoms with E-state index in [0.29, 0.717) is 18.0 Å². The van der Waals surface area contributed by atoms with Crippen molar-refractivity contribution < 1.29 is 19.2 Å². The average molecular weight is 385 g/mol. The molecule has 8 nitrogen and oxygen atoms in total. The lowest BCUT2D eigenvalue weighted by Crippen LogP contribution is -2.30. The van der Waals surface area contributed by atoms with Gasteiger partial charge < -0.3 is 15.0 Å². The Hall–Kier alpha value is -3.42. The van der Waals surface area contributed by atoms with Crippen LogP contribution in [0.3, 0.4) is 0 Å². The summed E-state index contributed by atoms with van der Waals surface area (Å²) in [6.07, 6.45) is 0.452. The van der Waals surface area contributed by atoms with Gasteiger partial charge in [0.2, 0.25) is 0 Å². The van der Waals surface area contributed by atoms with Gasteiger partial charge in [0.25, 0.3) is 11.6 Å². The number of nitro benzene ring substituents is 1. The third kappa shape index (κ3) is 5.29. The Bertz CT molecular complexity index is 849. The SMILES string of the molecule is CCN(c1ccc(NC(=O)COc2ccc([N+](=O)[O-])cc2C=O)cc1)C(C)C. The maximum Gasteiger partial charge on any atom is 0.270 e. The van der Waals surface area contributed by atoms with Crippen LogP contribution < -0.4 is 15.0 Å². The van der Waals surface area contributed by atoms with Crippen molar-refractivity contribution in [3.8, 4) is 5.75 Å². The van der Waals surface area contributed by atoms with Crippen LogP contribution in [0.15, 0.2) is 42.5 Å². The number of hydrogen-bond donors (Lipinski definition) is 1. The number of anilines is 2. The summed E-state index contributed by atoms with van der Waals surface area (Å²) in [4.78, 5) is 35.6. The minimum atomic E-state index is -0.605. The van der Waals surface area contributed by atoms with E-state index in [1.807, 2.05) is 12.1 Å². The second-order valence-corrected chi connectivity index (χ2v) is 6.36. The van der Waals surface area contributed by atoms with Crippen LogP contribution in [-0.2, 0) is 4.79 Å². The molecule has 0 spiro atoms. The van der Waals surface area contributed by atoms with Crippen molar-refractivity contribution in [3.63, 3.8) is 0 Å². The highest BCUT2D eigenvalue weighted by Gasteiger charge is 2.13. The number of carbonyl (C=O) groups is 2. The molecule has 2 aromatic carbocycles. The smallest absolute Gasteiger partial charge is 0.270 e. The summed E-state index contributed by atoms with van der Waals surface area (Å²) in [6, 6.07) is 11.5. The first-order chi connectivity index (χ1) is 13.3. The number of amides is 1. The van der Waals surface area contributed by atoms with Gasteiger partial charge in [0, 0.05) is 36.1 Å². The minimum Gasteiger partial charge on any atom is -0.483 e. The predicted molar refractivity (Wildman–Crippen MR) is 107 cm³/mol. The molecule has 0 bridgehead atoms. The molecule has 2 aromatic rings. The van der Waals surface area contributed by atoms with E-state index in [-0.39, 0.29) is 23.6 Å². The van der Waals surface area contributed by atoms with E-state index in [1.54, 1.807) is 12.1 Å². The number of hydrogen-bond acceptors (Lipinski definition) is 6. The lowest BCUT2D eigenvalue weighted by molar-refractivity contribution is -0.384. The zero-order chi connectivity index (χ0) is 20.7. The summed E-state index contributed by atoms with van der Waals surface area (Å²) >= 11 is 0. The van der Waals surface area contributed by atoms with Crippen LogP contribution in [0.1, 0.15) is 31.1 Å². The van der Waals surface area contributed by atoms with Crippen molar-refractivity contribution in [3.05, 3.63) is 58.1 Å². The third-order valence-corrected chi connectivity index (χ3v) is 4.14. The van der Waals surface area contributed by atoms with Gasteiger partial charge in [0.1, 0.15) is 5.75 Å². The number of nitrogens with zero attached hydrogens (tertiary/aromatic N) is 2. The molecule has 28 heavy (non-hydrogen) atoms. The molecule has 1 N–H and O–H groups in total. The number of nitrogens with one attached hydrogen (secondary N) is 1. The topological polar surface area (TPSA) is 102 Å². The molecule has 0 aliphatic rings. The van der Waals surface area contributed by atoms with Crippen LogP contribution in [-0.4, -0.2) is 36.3 Å². The second kappa shape index (κ2) is 9.50. The Labute approximate surface area is 163 Å². The number of non-ortho nitro benzene ring substituents is 1. The standard InChI is InChI=1S/C20H23N3O5/c1-4-22(14(2)3)17-7-5-16(6-8-17)21-20(25)13-28-19-10-9-18(23(26)27)11-15(19)12-24/h5-12,14H,4,13H2,1-3H3,(H,21,25). The van der Waals surface area contributed by atoms with E-state index in [9.17, 15) is 19.7 Å². The highest BCUT2D eigenvalue weighted by atomic mass is 16.6. The first kappa shape index (κ1) is 20.9. The summed E-state index contributed by atoms with van der Waals surface area (Å²) in [5, 5.41) is 13.5. The Morgan fingerprint density at radius 1 is 1.25 bits per heavy atom. The van der Waals surface area contributed by atoms with Gasteiger partial charge in [-0.25, -0.2) is 0 Å². The lowest BCUT2D eigenvalue weighted by atomic mass is 10.2. The van der Waals surface area contributed by atoms with Gasteiger partial charge in [0.15, 0.2) is 12.9 Å². The largest absolute Gasteiger partial charge is 0.483 e. The molecule has 0 unspecified atom stereocenters. The van der Waals surface area contributed by atoms with Gasteiger partial charge in [0.05, 0.1) is 10.5 Å². The first-order valence-corrected chi connectivity index (χ1v) is 8.88. The van der Waals surface area contributed by atoms with Crippen LogP contribution in [0.4, 0.5) is 17.1 Å². The van der Waals surface area contributed by atoms with E-state index in [2.05, 4.69) is 31.0 Å². The van der Waals surface area contributed by atoms with Crippen LogP contribution in [0, 0.1) is 10.1 Å². The van der Waals surface area contributed by atoms with Gasteiger partial charge >= 0.3 is 0 Å². The van der Waals surface area contributed by atoms with Crippen molar-refractivity contribution in [2.24, 2.45) is 0 Å². The zero-order valence-electron chi connectivity index (χ0n) is 16.0. The molecule has 0 heterocycles. The summed E-state index contributed by atoms with van der Waals surface area (Å²) in [6.45, 7) is 6.86. The van der Waals surface area contributed by atoms with Crippen molar-refractivity contribution in [1.82, 2.24) is 0 Å². The number of benzene rings is 2. The maximum absolute atomic E-state index is 12.1. The Kier molecular flexibility index (Phi) is 7.08. The van der Waals surface area contributed by atoms with Crippen LogP contribution >= 0.6 is 0 Å². The second-order valence-electron chi connectivity index (χ2n) is 6.36. The lowest BCUT2D eigenvalue weighted by Gasteiger charge is -2.27. The van der Waals surface area contributed by atoms with Crippen molar-refractivity contribution >= 4 is 29.3 Å². The van der Waals surface area contributed by atoms with E-state index in [0.717, 1.165) is 18.3 Å². The minimum absolute atomic E-state index is 0.0136. The Balaban J connectivity index is 1.97. The predicted octanol–water partition coefficient (Wildman–Crippen LogP) is 3.66.